The monoisotopic (exact) mass is 373 g/mol. The molecule has 0 saturated carbocycles. The predicted octanol–water partition coefficient (Wildman–Crippen LogP) is 3.72. The summed E-state index contributed by atoms with van der Waals surface area (Å²) in [7, 11) is 5.61. The first-order chi connectivity index (χ1) is 12.4. The highest BCUT2D eigenvalue weighted by Crippen LogP contribution is 2.32. The van der Waals surface area contributed by atoms with Crippen molar-refractivity contribution >= 4 is 32.6 Å². The average Bonchev–Trinajstić information content (AvgIpc) is 3.16. The molecular weight excluding hydrogens is 350 g/mol. The van der Waals surface area contributed by atoms with E-state index in [0.29, 0.717) is 23.0 Å². The van der Waals surface area contributed by atoms with E-state index in [4.69, 9.17) is 9.15 Å². The third-order valence-corrected chi connectivity index (χ3v) is 5.14. The number of nitrogens with zero attached hydrogens (tertiary/aromatic N) is 3. The van der Waals surface area contributed by atoms with Crippen LogP contribution in [-0.4, -0.2) is 50.1 Å². The smallest absolute Gasteiger partial charge is 0.263 e. The number of hydrogen-bond donors (Lipinski definition) is 0. The lowest BCUT2D eigenvalue weighted by molar-refractivity contribution is 0.0983. The lowest BCUT2D eigenvalue weighted by Gasteiger charge is -2.21. The highest BCUT2D eigenvalue weighted by molar-refractivity contribution is 7.22. The second-order valence-electron chi connectivity index (χ2n) is 6.42. The topological polar surface area (TPSA) is 58.8 Å². The Kier molecular flexibility index (Phi) is 5.29. The van der Waals surface area contributed by atoms with Crippen molar-refractivity contribution in [1.82, 2.24) is 9.88 Å². The number of hydrogen-bond acceptors (Lipinski definition) is 6. The van der Waals surface area contributed by atoms with E-state index < -0.39 is 0 Å². The molecule has 2 heterocycles. The van der Waals surface area contributed by atoms with E-state index in [2.05, 4.69) is 4.98 Å². The first kappa shape index (κ1) is 18.4. The van der Waals surface area contributed by atoms with Crippen LogP contribution in [0.3, 0.4) is 0 Å². The van der Waals surface area contributed by atoms with Gasteiger partial charge in [0.1, 0.15) is 17.3 Å². The van der Waals surface area contributed by atoms with Crippen molar-refractivity contribution in [2.45, 2.75) is 13.8 Å². The van der Waals surface area contributed by atoms with E-state index in [1.54, 1.807) is 18.1 Å². The highest BCUT2D eigenvalue weighted by Gasteiger charge is 2.24. The van der Waals surface area contributed by atoms with Gasteiger partial charge in [-0.25, -0.2) is 4.98 Å². The number of likely N-dealkylation sites (N-methyl/N-ethyl adjacent to an activating group) is 1. The molecule has 0 aliphatic rings. The number of furan rings is 1. The summed E-state index contributed by atoms with van der Waals surface area (Å²) in [4.78, 5) is 21.6. The number of benzene rings is 1. The molecule has 2 aromatic heterocycles. The van der Waals surface area contributed by atoms with Gasteiger partial charge in [0.25, 0.3) is 5.91 Å². The number of amides is 1. The van der Waals surface area contributed by atoms with Crippen LogP contribution < -0.4 is 9.64 Å². The predicted molar refractivity (Wildman–Crippen MR) is 105 cm³/mol. The van der Waals surface area contributed by atoms with Gasteiger partial charge in [-0.2, -0.15) is 0 Å². The van der Waals surface area contributed by atoms with Crippen LogP contribution in [0, 0.1) is 13.8 Å². The zero-order valence-corrected chi connectivity index (χ0v) is 16.5. The third kappa shape index (κ3) is 3.73. The number of methoxy groups -OCH3 is 1. The van der Waals surface area contributed by atoms with Gasteiger partial charge in [-0.15, -0.1) is 0 Å². The Morgan fingerprint density at radius 1 is 1.23 bits per heavy atom. The Labute approximate surface area is 157 Å². The number of thiazole rings is 1. The molecule has 6 nitrogen and oxygen atoms in total. The molecular formula is C19H23N3O3S. The fraction of sp³-hybridized carbons (Fsp3) is 0.368. The molecule has 0 unspecified atom stereocenters. The average molecular weight is 373 g/mol. The minimum absolute atomic E-state index is 0.0905. The van der Waals surface area contributed by atoms with Gasteiger partial charge in [0.15, 0.2) is 5.13 Å². The molecule has 0 N–H and O–H groups in total. The maximum absolute atomic E-state index is 13.2. The summed E-state index contributed by atoms with van der Waals surface area (Å²) in [5.41, 5.74) is 1.44. The molecule has 0 saturated heterocycles. The van der Waals surface area contributed by atoms with Gasteiger partial charge in [0.05, 0.1) is 22.9 Å². The van der Waals surface area contributed by atoms with Gasteiger partial charge in [0.2, 0.25) is 0 Å². The van der Waals surface area contributed by atoms with Crippen molar-refractivity contribution < 1.29 is 13.9 Å². The van der Waals surface area contributed by atoms with Gasteiger partial charge < -0.3 is 14.1 Å². The molecule has 0 fully saturated rings. The number of carbonyl (C=O) groups is 1. The first-order valence-corrected chi connectivity index (χ1v) is 9.19. The summed E-state index contributed by atoms with van der Waals surface area (Å²) in [5, 5.41) is 0.679. The van der Waals surface area contributed by atoms with Crippen LogP contribution in [0.25, 0.3) is 10.2 Å². The van der Waals surface area contributed by atoms with Gasteiger partial charge in [-0.05, 0) is 52.2 Å². The third-order valence-electron chi connectivity index (χ3n) is 4.10. The second-order valence-corrected chi connectivity index (χ2v) is 7.43. The van der Waals surface area contributed by atoms with Crippen LogP contribution in [0.4, 0.5) is 5.13 Å². The van der Waals surface area contributed by atoms with Crippen molar-refractivity contribution in [1.29, 1.82) is 0 Å². The molecule has 0 spiro atoms. The summed E-state index contributed by atoms with van der Waals surface area (Å²) in [6.07, 6.45) is 0. The summed E-state index contributed by atoms with van der Waals surface area (Å²) in [5.74, 6) is 2.05. The van der Waals surface area contributed by atoms with Crippen molar-refractivity contribution in [2.24, 2.45) is 0 Å². The SMILES string of the molecule is COc1ccc2nc(N(CCN(C)C)C(=O)c3cc(C)oc3C)sc2c1. The lowest BCUT2D eigenvalue weighted by Crippen LogP contribution is -2.36. The van der Waals surface area contributed by atoms with E-state index >= 15 is 0 Å². The number of carbonyl (C=O) groups excluding carboxylic acids is 1. The zero-order chi connectivity index (χ0) is 18.8. The number of anilines is 1. The molecule has 0 radical (unpaired) electrons. The fourth-order valence-corrected chi connectivity index (χ4v) is 3.73. The van der Waals surface area contributed by atoms with E-state index in [-0.39, 0.29) is 5.91 Å². The highest BCUT2D eigenvalue weighted by atomic mass is 32.1. The molecule has 3 aromatic rings. The molecule has 1 aromatic carbocycles. The molecule has 7 heteroatoms. The minimum atomic E-state index is -0.0905. The van der Waals surface area contributed by atoms with Crippen molar-refractivity contribution in [3.05, 3.63) is 41.3 Å². The fourth-order valence-electron chi connectivity index (χ4n) is 2.71. The molecule has 3 rings (SSSR count). The van der Waals surface area contributed by atoms with Crippen LogP contribution in [0.15, 0.2) is 28.7 Å². The van der Waals surface area contributed by atoms with E-state index in [0.717, 1.165) is 28.3 Å². The van der Waals surface area contributed by atoms with E-state index in [1.165, 1.54) is 11.3 Å². The Morgan fingerprint density at radius 2 is 2.00 bits per heavy atom. The lowest BCUT2D eigenvalue weighted by atomic mass is 10.2. The van der Waals surface area contributed by atoms with Crippen molar-refractivity contribution in [3.63, 3.8) is 0 Å². The summed E-state index contributed by atoms with van der Waals surface area (Å²) >= 11 is 1.49. The van der Waals surface area contributed by atoms with E-state index in [9.17, 15) is 4.79 Å². The Bertz CT molecular complexity index is 929. The number of fused-ring (bicyclic) bond motifs is 1. The number of aryl methyl sites for hydroxylation is 2. The summed E-state index contributed by atoms with van der Waals surface area (Å²) in [6, 6.07) is 7.52. The largest absolute Gasteiger partial charge is 0.497 e. The summed E-state index contributed by atoms with van der Waals surface area (Å²) < 4.78 is 11.8. The Morgan fingerprint density at radius 3 is 2.62 bits per heavy atom. The molecule has 0 bridgehead atoms. The Hall–Kier alpha value is -2.38. The maximum Gasteiger partial charge on any atom is 0.263 e. The molecule has 0 aliphatic heterocycles. The standard InChI is InChI=1S/C19H23N3O3S/c1-12-10-15(13(2)25-12)18(23)22(9-8-21(3)4)19-20-16-7-6-14(24-5)11-17(16)26-19/h6-7,10-11H,8-9H2,1-5H3. The van der Waals surface area contributed by atoms with Gasteiger partial charge >= 0.3 is 0 Å². The van der Waals surface area contributed by atoms with Crippen LogP contribution in [-0.2, 0) is 0 Å². The van der Waals surface area contributed by atoms with Crippen molar-refractivity contribution in [3.8, 4) is 5.75 Å². The van der Waals surface area contributed by atoms with Gasteiger partial charge in [-0.3, -0.25) is 9.69 Å². The van der Waals surface area contributed by atoms with Crippen LogP contribution in [0.1, 0.15) is 21.9 Å². The number of rotatable bonds is 6. The molecule has 0 atom stereocenters. The minimum Gasteiger partial charge on any atom is -0.497 e. The maximum atomic E-state index is 13.2. The van der Waals surface area contributed by atoms with Crippen LogP contribution in [0.2, 0.25) is 0 Å². The summed E-state index contributed by atoms with van der Waals surface area (Å²) in [6.45, 7) is 4.94. The van der Waals surface area contributed by atoms with Gasteiger partial charge in [-0.1, -0.05) is 11.3 Å². The molecule has 1 amide bonds. The number of aromatic nitrogens is 1. The number of ether oxygens (including phenoxy) is 1. The quantitative estimate of drug-likeness (QED) is 0.659. The van der Waals surface area contributed by atoms with E-state index in [1.807, 2.05) is 51.0 Å². The molecule has 26 heavy (non-hydrogen) atoms. The van der Waals surface area contributed by atoms with Crippen LogP contribution in [0.5, 0.6) is 5.75 Å². The first-order valence-electron chi connectivity index (χ1n) is 8.37. The zero-order valence-electron chi connectivity index (χ0n) is 15.7. The molecule has 0 aliphatic carbocycles. The molecule has 138 valence electrons. The van der Waals surface area contributed by atoms with Gasteiger partial charge in [0, 0.05) is 13.1 Å². The Balaban J connectivity index is 2.00. The van der Waals surface area contributed by atoms with Crippen molar-refractivity contribution in [2.75, 3.05) is 39.2 Å². The second kappa shape index (κ2) is 7.47. The van der Waals surface area contributed by atoms with Crippen LogP contribution >= 0.6 is 11.3 Å². The normalized spacial score (nSPS) is 11.3.